The number of rotatable bonds is 5. The second-order valence-electron chi connectivity index (χ2n) is 4.47. The summed E-state index contributed by atoms with van der Waals surface area (Å²) in [4.78, 5) is 13.7. The molecule has 0 N–H and O–H groups in total. The lowest BCUT2D eigenvalue weighted by Crippen LogP contribution is -2.25. The molecule has 88 valence electrons. The third kappa shape index (κ3) is 3.09. The van der Waals surface area contributed by atoms with Gasteiger partial charge in [-0.15, -0.1) is 0 Å². The fourth-order valence-electron chi connectivity index (χ4n) is 1.80. The number of nitrogens with zero attached hydrogens (tertiary/aromatic N) is 1. The molecule has 0 heterocycles. The number of para-hydroxylation sites is 1. The minimum atomic E-state index is 0.131. The van der Waals surface area contributed by atoms with E-state index in [4.69, 9.17) is 0 Å². The van der Waals surface area contributed by atoms with E-state index in [1.54, 1.807) is 6.92 Å². The molecule has 1 aromatic carbocycles. The molecule has 0 aliphatic rings. The topological polar surface area (TPSA) is 20.3 Å². The summed E-state index contributed by atoms with van der Waals surface area (Å²) in [7, 11) is 2.05. The standard InChI is InChI=1S/C14H21NO/c1-5-11(2)10-15(4)14-9-7-6-8-13(14)12(3)16/h6-9,11H,5,10H2,1-4H3. The second kappa shape index (κ2) is 5.69. The van der Waals surface area contributed by atoms with Gasteiger partial charge in [0.1, 0.15) is 0 Å². The fourth-order valence-corrected chi connectivity index (χ4v) is 1.80. The van der Waals surface area contributed by atoms with Crippen molar-refractivity contribution < 1.29 is 4.79 Å². The highest BCUT2D eigenvalue weighted by atomic mass is 16.1. The van der Waals surface area contributed by atoms with Gasteiger partial charge in [0.15, 0.2) is 5.78 Å². The van der Waals surface area contributed by atoms with Gasteiger partial charge in [0.2, 0.25) is 0 Å². The summed E-state index contributed by atoms with van der Waals surface area (Å²) in [6, 6.07) is 7.80. The molecule has 2 nitrogen and oxygen atoms in total. The lowest BCUT2D eigenvalue weighted by Gasteiger charge is -2.24. The van der Waals surface area contributed by atoms with Crippen LogP contribution in [0.25, 0.3) is 0 Å². The van der Waals surface area contributed by atoms with Gasteiger partial charge in [-0.25, -0.2) is 0 Å². The predicted octanol–water partition coefficient (Wildman–Crippen LogP) is 3.37. The summed E-state index contributed by atoms with van der Waals surface area (Å²) >= 11 is 0. The van der Waals surface area contributed by atoms with Gasteiger partial charge >= 0.3 is 0 Å². The molecule has 0 aliphatic heterocycles. The van der Waals surface area contributed by atoms with Crippen LogP contribution in [0, 0.1) is 5.92 Å². The van der Waals surface area contributed by atoms with Crippen LogP contribution < -0.4 is 4.90 Å². The van der Waals surface area contributed by atoms with E-state index in [9.17, 15) is 4.79 Å². The normalized spacial score (nSPS) is 12.2. The number of Topliss-reactive ketones (excluding diaryl/α,β-unsaturated/α-hetero) is 1. The van der Waals surface area contributed by atoms with Gasteiger partial charge in [-0.05, 0) is 25.0 Å². The molecule has 0 spiro atoms. The number of carbonyl (C=O) groups is 1. The van der Waals surface area contributed by atoms with Gasteiger partial charge in [0.25, 0.3) is 0 Å². The van der Waals surface area contributed by atoms with Gasteiger partial charge in [-0.1, -0.05) is 32.4 Å². The van der Waals surface area contributed by atoms with E-state index in [-0.39, 0.29) is 5.78 Å². The minimum Gasteiger partial charge on any atom is -0.374 e. The molecule has 0 aromatic heterocycles. The molecule has 0 bridgehead atoms. The van der Waals surface area contributed by atoms with Crippen molar-refractivity contribution in [3.8, 4) is 0 Å². The maximum Gasteiger partial charge on any atom is 0.161 e. The van der Waals surface area contributed by atoms with Crippen LogP contribution in [0.4, 0.5) is 5.69 Å². The van der Waals surface area contributed by atoms with Gasteiger partial charge in [0, 0.05) is 24.8 Å². The van der Waals surface area contributed by atoms with Crippen LogP contribution in [-0.4, -0.2) is 19.4 Å². The Morgan fingerprint density at radius 2 is 2.00 bits per heavy atom. The highest BCUT2D eigenvalue weighted by Gasteiger charge is 2.11. The average Bonchev–Trinajstić information content (AvgIpc) is 2.28. The summed E-state index contributed by atoms with van der Waals surface area (Å²) in [5, 5.41) is 0. The molecule has 0 radical (unpaired) electrons. The largest absolute Gasteiger partial charge is 0.374 e. The smallest absolute Gasteiger partial charge is 0.161 e. The van der Waals surface area contributed by atoms with Crippen LogP contribution in [0.15, 0.2) is 24.3 Å². The predicted molar refractivity (Wildman–Crippen MR) is 69.2 cm³/mol. The van der Waals surface area contributed by atoms with Gasteiger partial charge < -0.3 is 4.90 Å². The molecule has 0 fully saturated rings. The zero-order chi connectivity index (χ0) is 12.1. The van der Waals surface area contributed by atoms with E-state index in [1.807, 2.05) is 31.3 Å². The van der Waals surface area contributed by atoms with Crippen molar-refractivity contribution in [3.05, 3.63) is 29.8 Å². The van der Waals surface area contributed by atoms with Crippen LogP contribution in [0.1, 0.15) is 37.6 Å². The Bertz CT molecular complexity index is 360. The third-order valence-electron chi connectivity index (χ3n) is 2.98. The highest BCUT2D eigenvalue weighted by molar-refractivity contribution is 5.99. The van der Waals surface area contributed by atoms with E-state index in [1.165, 1.54) is 0 Å². The van der Waals surface area contributed by atoms with Crippen LogP contribution in [0.3, 0.4) is 0 Å². The highest BCUT2D eigenvalue weighted by Crippen LogP contribution is 2.20. The Hall–Kier alpha value is -1.31. The molecule has 1 aromatic rings. The monoisotopic (exact) mass is 219 g/mol. The zero-order valence-corrected chi connectivity index (χ0v) is 10.7. The summed E-state index contributed by atoms with van der Waals surface area (Å²) < 4.78 is 0. The number of ketones is 1. The molecule has 2 heteroatoms. The minimum absolute atomic E-state index is 0.131. The number of hydrogen-bond acceptors (Lipinski definition) is 2. The lowest BCUT2D eigenvalue weighted by molar-refractivity contribution is 0.101. The SMILES string of the molecule is CCC(C)CN(C)c1ccccc1C(C)=O. The zero-order valence-electron chi connectivity index (χ0n) is 10.7. The first-order chi connectivity index (χ1) is 7.56. The summed E-state index contributed by atoms with van der Waals surface area (Å²) in [5.41, 5.74) is 1.85. The van der Waals surface area contributed by atoms with E-state index >= 15 is 0 Å². The maximum absolute atomic E-state index is 11.5. The first-order valence-electron chi connectivity index (χ1n) is 5.87. The van der Waals surface area contributed by atoms with Crippen LogP contribution in [0.5, 0.6) is 0 Å². The molecule has 1 atom stereocenters. The molecule has 0 saturated heterocycles. The van der Waals surface area contributed by atoms with Crippen molar-refractivity contribution in [2.24, 2.45) is 5.92 Å². The molecular weight excluding hydrogens is 198 g/mol. The van der Waals surface area contributed by atoms with Crippen LogP contribution >= 0.6 is 0 Å². The Kier molecular flexibility index (Phi) is 4.53. The molecule has 0 saturated carbocycles. The first-order valence-corrected chi connectivity index (χ1v) is 5.87. The maximum atomic E-state index is 11.5. The Morgan fingerprint density at radius 3 is 2.56 bits per heavy atom. The lowest BCUT2D eigenvalue weighted by atomic mass is 10.1. The number of benzene rings is 1. The van der Waals surface area contributed by atoms with Crippen molar-refractivity contribution >= 4 is 11.5 Å². The average molecular weight is 219 g/mol. The molecular formula is C14H21NO. The summed E-state index contributed by atoms with van der Waals surface area (Å²) in [5.74, 6) is 0.775. The van der Waals surface area contributed by atoms with Crippen molar-refractivity contribution in [1.82, 2.24) is 0 Å². The summed E-state index contributed by atoms with van der Waals surface area (Å²) in [6.45, 7) is 7.03. The molecule has 0 aliphatic carbocycles. The first kappa shape index (κ1) is 12.8. The van der Waals surface area contributed by atoms with E-state index in [0.29, 0.717) is 5.92 Å². The Labute approximate surface area is 98.3 Å². The van der Waals surface area contributed by atoms with Crippen LogP contribution in [0.2, 0.25) is 0 Å². The van der Waals surface area contributed by atoms with E-state index in [0.717, 1.165) is 24.2 Å². The Balaban J connectivity index is 2.90. The molecule has 16 heavy (non-hydrogen) atoms. The fraction of sp³-hybridized carbons (Fsp3) is 0.500. The quantitative estimate of drug-likeness (QED) is 0.708. The van der Waals surface area contributed by atoms with Crippen molar-refractivity contribution in [2.75, 3.05) is 18.5 Å². The van der Waals surface area contributed by atoms with Gasteiger partial charge in [0.05, 0.1) is 0 Å². The van der Waals surface area contributed by atoms with Crippen molar-refractivity contribution in [1.29, 1.82) is 0 Å². The molecule has 1 rings (SSSR count). The van der Waals surface area contributed by atoms with Gasteiger partial charge in [-0.2, -0.15) is 0 Å². The molecule has 0 amide bonds. The number of hydrogen-bond donors (Lipinski definition) is 0. The molecule has 1 unspecified atom stereocenters. The van der Waals surface area contributed by atoms with Crippen molar-refractivity contribution in [3.63, 3.8) is 0 Å². The van der Waals surface area contributed by atoms with Crippen molar-refractivity contribution in [2.45, 2.75) is 27.2 Å². The Morgan fingerprint density at radius 1 is 1.38 bits per heavy atom. The summed E-state index contributed by atoms with van der Waals surface area (Å²) in [6.07, 6.45) is 1.16. The second-order valence-corrected chi connectivity index (χ2v) is 4.47. The number of carbonyl (C=O) groups excluding carboxylic acids is 1. The van der Waals surface area contributed by atoms with Gasteiger partial charge in [-0.3, -0.25) is 4.79 Å². The van der Waals surface area contributed by atoms with E-state index < -0.39 is 0 Å². The number of anilines is 1. The van der Waals surface area contributed by atoms with E-state index in [2.05, 4.69) is 18.7 Å². The third-order valence-corrected chi connectivity index (χ3v) is 2.98. The van der Waals surface area contributed by atoms with Crippen LogP contribution in [-0.2, 0) is 0 Å².